The molecule has 2 aromatic rings. The second-order valence-corrected chi connectivity index (χ2v) is 13.9. The number of aliphatic hydroxyl groups is 1. The molecule has 3 rings (SSSR count). The zero-order chi connectivity index (χ0) is 44.4. The summed E-state index contributed by atoms with van der Waals surface area (Å²) in [5.74, 6) is -1.22. The van der Waals surface area contributed by atoms with Gasteiger partial charge in [0.05, 0.1) is 46.3 Å². The van der Waals surface area contributed by atoms with Crippen LogP contribution in [0.15, 0.2) is 35.3 Å². The van der Waals surface area contributed by atoms with Crippen molar-refractivity contribution in [3.63, 3.8) is 0 Å². The van der Waals surface area contributed by atoms with Gasteiger partial charge in [0.25, 0.3) is 5.96 Å². The number of aliphatic hydroxyl groups excluding tert-OH is 1. The molecule has 1 aliphatic heterocycles. The van der Waals surface area contributed by atoms with Crippen LogP contribution >= 0.6 is 24.8 Å². The summed E-state index contributed by atoms with van der Waals surface area (Å²) in [4.78, 5) is 70.2. The first-order valence-electron chi connectivity index (χ1n) is 19.4. The van der Waals surface area contributed by atoms with E-state index in [0.29, 0.717) is 67.2 Å². The number of anilines is 1. The lowest BCUT2D eigenvalue weighted by Crippen LogP contribution is -2.58. The third-order valence-electron chi connectivity index (χ3n) is 9.60. The summed E-state index contributed by atoms with van der Waals surface area (Å²) in [6, 6.07) is 4.14. The average molecular weight is 916 g/mol. The topological polar surface area (TPSA) is 310 Å². The highest BCUT2D eigenvalue weighted by Gasteiger charge is 2.38. The maximum Gasteiger partial charge on any atom is 0.251 e. The van der Waals surface area contributed by atoms with Gasteiger partial charge in [0.1, 0.15) is 23.9 Å². The summed E-state index contributed by atoms with van der Waals surface area (Å²) >= 11 is 0. The number of nitro groups is 1. The third-order valence-corrected chi connectivity index (χ3v) is 9.60. The minimum atomic E-state index is -1.45. The van der Waals surface area contributed by atoms with Crippen LogP contribution in [0.1, 0.15) is 63.0 Å². The number of hydrogen-bond donors (Lipinski definition) is 8. The minimum Gasteiger partial charge on any atom is -0.495 e. The molecule has 11 N–H and O–H groups in total. The fourth-order valence-electron chi connectivity index (χ4n) is 6.50. The summed E-state index contributed by atoms with van der Waals surface area (Å²) in [7, 11) is 5.97. The normalized spacial score (nSPS) is 15.5. The molecule has 1 aliphatic rings. The molecule has 4 amide bonds. The zero-order valence-electron chi connectivity index (χ0n) is 35.4. The lowest BCUT2D eigenvalue weighted by atomic mass is 10.0. The number of nitrogens with zero attached hydrogens (tertiary/aromatic N) is 3. The number of hydrazine groups is 1. The Labute approximate surface area is 372 Å². The van der Waals surface area contributed by atoms with E-state index in [4.69, 9.17) is 36.1 Å². The summed E-state index contributed by atoms with van der Waals surface area (Å²) in [6.07, 6.45) is 4.71. The first kappa shape index (κ1) is 54.4. The summed E-state index contributed by atoms with van der Waals surface area (Å²) < 4.78 is 21.8. The van der Waals surface area contributed by atoms with Crippen LogP contribution in [0.25, 0.3) is 12.2 Å². The van der Waals surface area contributed by atoms with Gasteiger partial charge in [-0.3, -0.25) is 19.2 Å². The Bertz CT molecular complexity index is 1850. The molecule has 0 spiro atoms. The van der Waals surface area contributed by atoms with Gasteiger partial charge < -0.3 is 62.1 Å². The Morgan fingerprint density at radius 2 is 1.58 bits per heavy atom. The van der Waals surface area contributed by atoms with E-state index in [0.717, 1.165) is 5.56 Å². The Kier molecular flexibility index (Phi) is 24.0. The number of unbranched alkanes of at least 4 members (excludes halogenated alkanes) is 1. The van der Waals surface area contributed by atoms with Crippen molar-refractivity contribution in [1.82, 2.24) is 21.0 Å². The molecule has 346 valence electrons. The maximum atomic E-state index is 13.8. The van der Waals surface area contributed by atoms with Gasteiger partial charge in [0, 0.05) is 13.1 Å². The first-order valence-corrected chi connectivity index (χ1v) is 19.4. The molecule has 1 heterocycles. The van der Waals surface area contributed by atoms with Crippen molar-refractivity contribution in [1.29, 1.82) is 0 Å². The predicted octanol–water partition coefficient (Wildman–Crippen LogP) is 1.35. The number of carbonyl (C=O) groups excluding carboxylic acids is 4. The van der Waals surface area contributed by atoms with Crippen LogP contribution in [0, 0.1) is 10.1 Å². The molecular formula is C39H60Cl2N10O11. The number of likely N-dealkylation sites (tertiary alicyclic amines) is 1. The summed E-state index contributed by atoms with van der Waals surface area (Å²) in [5.41, 5.74) is 20.7. The number of methoxy groups -OCH3 is 4. The number of halogens is 2. The van der Waals surface area contributed by atoms with Crippen LogP contribution in [-0.2, 0) is 19.2 Å². The molecule has 0 unspecified atom stereocenters. The van der Waals surface area contributed by atoms with Crippen molar-refractivity contribution in [3.05, 3.63) is 51.6 Å². The number of rotatable bonds is 23. The van der Waals surface area contributed by atoms with E-state index in [-0.39, 0.29) is 62.4 Å². The summed E-state index contributed by atoms with van der Waals surface area (Å²) in [6.45, 7) is 2.03. The van der Waals surface area contributed by atoms with Crippen molar-refractivity contribution in [2.75, 3.05) is 53.4 Å². The number of carbonyl (C=O) groups is 4. The number of ether oxygens (including phenoxy) is 4. The largest absolute Gasteiger partial charge is 0.495 e. The van der Waals surface area contributed by atoms with Gasteiger partial charge in [0.2, 0.25) is 29.4 Å². The van der Waals surface area contributed by atoms with Gasteiger partial charge in [-0.1, -0.05) is 23.6 Å². The highest BCUT2D eigenvalue weighted by Crippen LogP contribution is 2.39. The van der Waals surface area contributed by atoms with E-state index in [1.54, 1.807) is 41.8 Å². The number of amides is 4. The van der Waals surface area contributed by atoms with Crippen molar-refractivity contribution < 1.29 is 48.3 Å². The molecule has 0 bridgehead atoms. The molecule has 0 radical (unpaired) electrons. The van der Waals surface area contributed by atoms with E-state index >= 15 is 0 Å². The molecule has 1 saturated heterocycles. The smallest absolute Gasteiger partial charge is 0.251 e. The van der Waals surface area contributed by atoms with Gasteiger partial charge in [0.15, 0.2) is 16.5 Å². The van der Waals surface area contributed by atoms with Crippen LogP contribution < -0.4 is 57.5 Å². The van der Waals surface area contributed by atoms with Crippen LogP contribution in [0.3, 0.4) is 0 Å². The predicted molar refractivity (Wildman–Crippen MR) is 238 cm³/mol. The highest BCUT2D eigenvalue weighted by molar-refractivity contribution is 6.00. The molecule has 21 nitrogen and oxygen atoms in total. The van der Waals surface area contributed by atoms with Gasteiger partial charge in [-0.05, 0) is 93.8 Å². The Morgan fingerprint density at radius 3 is 2.16 bits per heavy atom. The Morgan fingerprint density at radius 1 is 0.935 bits per heavy atom. The number of nitrogens with two attached hydrogens (primary N) is 3. The van der Waals surface area contributed by atoms with Gasteiger partial charge in [-0.2, -0.15) is 0 Å². The van der Waals surface area contributed by atoms with E-state index < -0.39 is 58.9 Å². The standard InChI is InChI=1S/C39H58N10O11.2ClH/c1-23(50)33(37(53)45-28-20-24(15-16-30(28)57-2)13-14-25-21-31(58-3)34(60-5)32(22-25)59-4)46-35(51)27(11-6-7-17-40)44-36(52)29-12-9-19-48(29)38(54)26(41)10-8-18-43-39(42)47-49(55)56;;/h13-16,20-23,26-27,29,33,50H,6-12,17-19,40-41H2,1-5H3,(H,44,52)(H,45,53)(H,46,51)(H3,42,43,47);2*1H/b14-13-;;/t23-,26+,27+,29+,33+;;/m1../s1. The monoisotopic (exact) mass is 914 g/mol. The molecule has 62 heavy (non-hydrogen) atoms. The first-order chi connectivity index (χ1) is 28.7. The molecular weight excluding hydrogens is 855 g/mol. The second kappa shape index (κ2) is 27.4. The van der Waals surface area contributed by atoms with Crippen molar-refractivity contribution in [3.8, 4) is 23.0 Å². The number of aliphatic imine (C=N–C) groups is 1. The third kappa shape index (κ3) is 16.0. The van der Waals surface area contributed by atoms with Gasteiger partial charge >= 0.3 is 0 Å². The highest BCUT2D eigenvalue weighted by atomic mass is 35.5. The van der Waals surface area contributed by atoms with Crippen molar-refractivity contribution in [2.24, 2.45) is 22.2 Å². The number of benzene rings is 2. The van der Waals surface area contributed by atoms with Crippen LogP contribution in [0.4, 0.5) is 5.69 Å². The van der Waals surface area contributed by atoms with E-state index in [1.165, 1.54) is 40.3 Å². The molecule has 1 fully saturated rings. The number of nitrogens with one attached hydrogen (secondary N) is 4. The molecule has 5 atom stereocenters. The number of guanidine groups is 1. The maximum absolute atomic E-state index is 13.8. The Balaban J connectivity index is 0.00000961. The molecule has 0 saturated carbocycles. The van der Waals surface area contributed by atoms with Crippen LogP contribution in [-0.4, -0.2) is 123 Å². The van der Waals surface area contributed by atoms with Gasteiger partial charge in [-0.15, -0.1) is 24.8 Å². The van der Waals surface area contributed by atoms with Crippen LogP contribution in [0.5, 0.6) is 23.0 Å². The molecule has 23 heteroatoms. The van der Waals surface area contributed by atoms with E-state index in [2.05, 4.69) is 20.9 Å². The lowest BCUT2D eigenvalue weighted by molar-refractivity contribution is -0.525. The zero-order valence-corrected chi connectivity index (χ0v) is 37.1. The lowest BCUT2D eigenvalue weighted by Gasteiger charge is -2.29. The Hall–Kier alpha value is -5.61. The molecule has 0 aliphatic carbocycles. The van der Waals surface area contributed by atoms with Crippen molar-refractivity contribution in [2.45, 2.75) is 82.1 Å². The van der Waals surface area contributed by atoms with E-state index in [1.807, 2.05) is 6.08 Å². The second-order valence-electron chi connectivity index (χ2n) is 13.9. The fourth-order valence-corrected chi connectivity index (χ4v) is 6.50. The molecule has 0 aromatic heterocycles. The van der Waals surface area contributed by atoms with Crippen molar-refractivity contribution >= 4 is 72.2 Å². The average Bonchev–Trinajstić information content (AvgIpc) is 3.72. The minimum absolute atomic E-state index is 0. The van der Waals surface area contributed by atoms with Gasteiger partial charge in [-0.25, -0.2) is 15.1 Å². The molecule has 2 aromatic carbocycles. The fraction of sp³-hybridized carbons (Fsp3) is 0.513. The van der Waals surface area contributed by atoms with E-state index in [9.17, 15) is 34.4 Å². The quantitative estimate of drug-likeness (QED) is 0.0195. The van der Waals surface area contributed by atoms with Crippen LogP contribution in [0.2, 0.25) is 0 Å². The SMILES string of the molecule is COc1ccc(/C=C\c2cc(OC)c(OC)c(OC)c2)cc1NC(=O)[C@@H](NC(=O)[C@H](CCCCN)NC(=O)[C@@H]1CCCN1C(=O)[C@@H](N)CCCN=C(N)N[N+](=O)[O-])[C@@H](C)O.Cl.Cl. The number of hydrogen-bond acceptors (Lipinski definition) is 14. The summed E-state index contributed by atoms with van der Waals surface area (Å²) in [5, 5.41) is 28.4.